The van der Waals surface area contributed by atoms with E-state index in [9.17, 15) is 14.0 Å². The molecule has 1 heterocycles. The van der Waals surface area contributed by atoms with Crippen molar-refractivity contribution in [2.75, 3.05) is 17.2 Å². The van der Waals surface area contributed by atoms with Crippen LogP contribution >= 0.6 is 0 Å². The molecule has 0 fully saturated rings. The summed E-state index contributed by atoms with van der Waals surface area (Å²) in [7, 11) is 0. The van der Waals surface area contributed by atoms with Crippen LogP contribution in [0, 0.1) is 5.82 Å². The monoisotopic (exact) mass is 311 g/mol. The smallest absolute Gasteiger partial charge is 0.253 e. The van der Waals surface area contributed by atoms with Gasteiger partial charge in [-0.05, 0) is 30.2 Å². The lowest BCUT2D eigenvalue weighted by Crippen LogP contribution is -2.37. The summed E-state index contributed by atoms with van der Waals surface area (Å²) in [6.07, 6.45) is 3.58. The molecule has 3 rings (SSSR count). The lowest BCUT2D eigenvalue weighted by atomic mass is 10.1. The molecule has 0 saturated carbocycles. The van der Waals surface area contributed by atoms with Crippen LogP contribution in [0.25, 0.3) is 0 Å². The van der Waals surface area contributed by atoms with Gasteiger partial charge in [0.1, 0.15) is 17.2 Å². The summed E-state index contributed by atoms with van der Waals surface area (Å²) in [5, 5.41) is 5.81. The van der Waals surface area contributed by atoms with Crippen LogP contribution < -0.4 is 21.5 Å². The second kappa shape index (κ2) is 6.39. The van der Waals surface area contributed by atoms with Gasteiger partial charge in [0.15, 0.2) is 0 Å². The minimum Gasteiger partial charge on any atom is -0.380 e. The predicted molar refractivity (Wildman–Crippen MR) is 87.5 cm³/mol. The highest BCUT2D eigenvalue weighted by Gasteiger charge is 2.20. The highest BCUT2D eigenvalue weighted by atomic mass is 19.1. The number of nitrogens with one attached hydrogen (secondary N) is 2. The fraction of sp³-hybridized carbons (Fsp3) is 0.118. The number of halogens is 1. The maximum absolute atomic E-state index is 13.5. The predicted octanol–water partition coefficient (Wildman–Crippen LogP) is 2.21. The minimum atomic E-state index is -0.560. The van der Waals surface area contributed by atoms with Crippen molar-refractivity contribution in [2.45, 2.75) is 6.42 Å². The first-order valence-corrected chi connectivity index (χ1v) is 7.14. The molecule has 0 bridgehead atoms. The van der Waals surface area contributed by atoms with Crippen molar-refractivity contribution in [3.8, 4) is 0 Å². The van der Waals surface area contributed by atoms with Gasteiger partial charge in [0, 0.05) is 24.6 Å². The highest BCUT2D eigenvalue weighted by Crippen LogP contribution is 2.20. The second-order valence-electron chi connectivity index (χ2n) is 5.04. The molecule has 0 aliphatic rings. The Morgan fingerprint density at radius 3 is 2.39 bits per heavy atom. The zero-order chi connectivity index (χ0) is 16.2. The molecule has 5 nitrogen and oxygen atoms in total. The van der Waals surface area contributed by atoms with Crippen molar-refractivity contribution >= 4 is 17.1 Å². The molecule has 0 unspecified atom stereocenters. The molecule has 1 aromatic heterocycles. The lowest BCUT2D eigenvalue weighted by molar-refractivity contribution is 0.610. The first kappa shape index (κ1) is 14.9. The minimum absolute atomic E-state index is 0.231. The fourth-order valence-corrected chi connectivity index (χ4v) is 2.28. The van der Waals surface area contributed by atoms with E-state index in [4.69, 9.17) is 0 Å². The average molecular weight is 311 g/mol. The Kier molecular flexibility index (Phi) is 4.14. The number of aromatic nitrogens is 1. The molecule has 0 spiro atoms. The number of anilines is 3. The molecule has 23 heavy (non-hydrogen) atoms. The zero-order valence-electron chi connectivity index (χ0n) is 12.2. The number of hydrogen-bond acceptors (Lipinski definition) is 5. The maximum atomic E-state index is 13.5. The summed E-state index contributed by atoms with van der Waals surface area (Å²) in [6.45, 7) is 0.358. The van der Waals surface area contributed by atoms with E-state index < -0.39 is 10.9 Å². The van der Waals surface area contributed by atoms with E-state index in [-0.39, 0.29) is 17.2 Å². The van der Waals surface area contributed by atoms with Crippen LogP contribution in [0.1, 0.15) is 5.56 Å². The Morgan fingerprint density at radius 1 is 0.957 bits per heavy atom. The van der Waals surface area contributed by atoms with Crippen LogP contribution in [0.15, 0.2) is 58.4 Å². The highest BCUT2D eigenvalue weighted by molar-refractivity contribution is 5.78. The molecule has 0 amide bonds. The fourth-order valence-electron chi connectivity index (χ4n) is 2.28. The summed E-state index contributed by atoms with van der Waals surface area (Å²) >= 11 is 0. The van der Waals surface area contributed by atoms with E-state index >= 15 is 0 Å². The van der Waals surface area contributed by atoms with E-state index in [1.165, 1.54) is 6.07 Å². The molecular formula is C17H14FN3O2. The van der Waals surface area contributed by atoms with Crippen molar-refractivity contribution < 1.29 is 4.39 Å². The third-order valence-corrected chi connectivity index (χ3v) is 3.51. The lowest BCUT2D eigenvalue weighted by Gasteiger charge is -2.14. The average Bonchev–Trinajstić information content (AvgIpc) is 2.59. The van der Waals surface area contributed by atoms with Gasteiger partial charge in [0.05, 0.1) is 0 Å². The quantitative estimate of drug-likeness (QED) is 0.683. The van der Waals surface area contributed by atoms with Crippen LogP contribution in [-0.4, -0.2) is 11.5 Å². The van der Waals surface area contributed by atoms with Gasteiger partial charge >= 0.3 is 0 Å². The molecule has 116 valence electrons. The van der Waals surface area contributed by atoms with Gasteiger partial charge in [0.2, 0.25) is 0 Å². The summed E-state index contributed by atoms with van der Waals surface area (Å²) in [5.74, 6) is -0.283. The summed E-state index contributed by atoms with van der Waals surface area (Å²) in [4.78, 5) is 27.2. The molecule has 0 aliphatic heterocycles. The van der Waals surface area contributed by atoms with Crippen LogP contribution in [0.4, 0.5) is 21.5 Å². The molecule has 0 radical (unpaired) electrons. The molecule has 0 atom stereocenters. The van der Waals surface area contributed by atoms with Crippen molar-refractivity contribution in [1.82, 2.24) is 4.98 Å². The van der Waals surface area contributed by atoms with Crippen LogP contribution in [0.2, 0.25) is 0 Å². The maximum Gasteiger partial charge on any atom is 0.253 e. The topological polar surface area (TPSA) is 71.1 Å². The second-order valence-corrected chi connectivity index (χ2v) is 5.04. The molecule has 6 heteroatoms. The molecule has 3 aromatic rings. The number of benzene rings is 1. The van der Waals surface area contributed by atoms with E-state index in [1.54, 1.807) is 42.7 Å². The number of nitrogens with zero attached hydrogens (tertiary/aromatic N) is 1. The molecule has 0 aliphatic carbocycles. The summed E-state index contributed by atoms with van der Waals surface area (Å²) < 4.78 is 13.5. The van der Waals surface area contributed by atoms with Crippen molar-refractivity contribution in [3.63, 3.8) is 0 Å². The molecule has 2 aromatic carbocycles. The first-order chi connectivity index (χ1) is 11.2. The number of pyridine rings is 1. The van der Waals surface area contributed by atoms with E-state index in [0.29, 0.717) is 24.2 Å². The van der Waals surface area contributed by atoms with Crippen LogP contribution in [0.3, 0.4) is 0 Å². The van der Waals surface area contributed by atoms with Gasteiger partial charge in [-0.15, -0.1) is 0 Å². The van der Waals surface area contributed by atoms with E-state index in [0.717, 1.165) is 0 Å². The Hall–Kier alpha value is -3.02. The number of rotatable bonds is 6. The molecule has 0 saturated heterocycles. The van der Waals surface area contributed by atoms with Gasteiger partial charge in [-0.3, -0.25) is 14.6 Å². The summed E-state index contributed by atoms with van der Waals surface area (Å²) in [5.41, 5.74) is 0.578. The first-order valence-electron chi connectivity index (χ1n) is 7.14. The molecule has 2 N–H and O–H groups in total. The van der Waals surface area contributed by atoms with Crippen molar-refractivity contribution in [3.05, 3.63) is 80.6 Å². The van der Waals surface area contributed by atoms with Gasteiger partial charge in [-0.2, -0.15) is 0 Å². The third kappa shape index (κ3) is 3.11. The molecular weight excluding hydrogens is 297 g/mol. The van der Waals surface area contributed by atoms with Gasteiger partial charge < -0.3 is 10.6 Å². The van der Waals surface area contributed by atoms with Gasteiger partial charge in [0.25, 0.3) is 10.9 Å². The third-order valence-electron chi connectivity index (χ3n) is 3.51. The SMILES string of the molecule is O=c1c(NCCc2ccccc2F)c(Nc2ccncc2)c1=O. The normalized spacial score (nSPS) is 10.7. The number of hydrogen-bond donors (Lipinski definition) is 2. The van der Waals surface area contributed by atoms with Gasteiger partial charge in [-0.25, -0.2) is 4.39 Å². The van der Waals surface area contributed by atoms with Gasteiger partial charge in [-0.1, -0.05) is 18.2 Å². The standard InChI is InChI=1S/C17H14FN3O2/c18-13-4-2-1-3-11(13)5-10-20-14-15(17(23)16(14)22)21-12-6-8-19-9-7-12/h1-4,6-9,20H,5,10H2,(H,19,21). The van der Waals surface area contributed by atoms with Crippen LogP contribution in [0.5, 0.6) is 0 Å². The Balaban J connectivity index is 1.67. The van der Waals surface area contributed by atoms with Crippen LogP contribution in [-0.2, 0) is 6.42 Å². The van der Waals surface area contributed by atoms with Crippen molar-refractivity contribution in [1.29, 1.82) is 0 Å². The van der Waals surface area contributed by atoms with E-state index in [2.05, 4.69) is 15.6 Å². The Bertz CT molecular complexity index is 886. The largest absolute Gasteiger partial charge is 0.380 e. The van der Waals surface area contributed by atoms with Crippen molar-refractivity contribution in [2.24, 2.45) is 0 Å². The Labute approximate surface area is 131 Å². The van der Waals surface area contributed by atoms with E-state index in [1.807, 2.05) is 0 Å². The zero-order valence-corrected chi connectivity index (χ0v) is 12.2. The Morgan fingerprint density at radius 2 is 1.65 bits per heavy atom. The summed E-state index contributed by atoms with van der Waals surface area (Å²) in [6, 6.07) is 9.85.